The third-order valence-corrected chi connectivity index (χ3v) is 9.27. The summed E-state index contributed by atoms with van der Waals surface area (Å²) in [7, 11) is 1.79. The van der Waals surface area contributed by atoms with E-state index < -0.39 is 0 Å². The molecule has 1 fully saturated rings. The number of nitrogens with zero attached hydrogens (tertiary/aromatic N) is 1. The lowest BCUT2D eigenvalue weighted by molar-refractivity contribution is -0.118. The number of nitrogens with one attached hydrogen (secondary N) is 2. The Bertz CT molecular complexity index is 1260. The van der Waals surface area contributed by atoms with Gasteiger partial charge in [0.2, 0.25) is 5.91 Å². The normalized spacial score (nSPS) is 14.4. The molecular weight excluding hydrogens is 534 g/mol. The van der Waals surface area contributed by atoms with E-state index in [-0.39, 0.29) is 34.6 Å². The lowest BCUT2D eigenvalue weighted by atomic mass is 10.0. The molecule has 41 heavy (non-hydrogen) atoms. The zero-order chi connectivity index (χ0) is 29.0. The number of benzene rings is 1. The van der Waals surface area contributed by atoms with Crippen molar-refractivity contribution < 1.29 is 14.3 Å². The predicted octanol–water partition coefficient (Wildman–Crippen LogP) is 8.01. The smallest absolute Gasteiger partial charge is 0.241 e. The van der Waals surface area contributed by atoms with E-state index in [1.165, 1.54) is 82.8 Å². The van der Waals surface area contributed by atoms with E-state index >= 15 is 0 Å². The Morgan fingerprint density at radius 2 is 1.66 bits per heavy atom. The maximum Gasteiger partial charge on any atom is 0.241 e. The van der Waals surface area contributed by atoms with E-state index in [9.17, 15) is 14.7 Å². The molecule has 1 amide bonds. The number of likely N-dealkylation sites (N-methyl/N-ethyl adjacent to an activating group) is 1. The van der Waals surface area contributed by atoms with Crippen LogP contribution in [-0.2, 0) is 4.79 Å². The lowest BCUT2D eigenvalue weighted by Gasteiger charge is -2.27. The second-order valence-corrected chi connectivity index (χ2v) is 12.4. The minimum absolute atomic E-state index is 0.120. The van der Waals surface area contributed by atoms with E-state index in [2.05, 4.69) is 28.5 Å². The zero-order valence-electron chi connectivity index (χ0n) is 24.8. The molecule has 0 radical (unpaired) electrons. The summed E-state index contributed by atoms with van der Waals surface area (Å²) in [4.78, 5) is 28.7. The van der Waals surface area contributed by atoms with E-state index in [0.717, 1.165) is 42.2 Å². The van der Waals surface area contributed by atoms with E-state index in [4.69, 9.17) is 4.42 Å². The highest BCUT2D eigenvalue weighted by Crippen LogP contribution is 2.47. The van der Waals surface area contributed by atoms with Gasteiger partial charge < -0.3 is 25.1 Å². The van der Waals surface area contributed by atoms with Crippen molar-refractivity contribution in [3.63, 3.8) is 0 Å². The first-order valence-corrected chi connectivity index (χ1v) is 16.5. The number of thiophene rings is 1. The summed E-state index contributed by atoms with van der Waals surface area (Å²) in [6.07, 6.45) is 16.8. The first-order chi connectivity index (χ1) is 20.0. The molecule has 1 atom stereocenters. The molecular formula is C33H47N3O4S. The molecule has 2 aliphatic heterocycles. The molecule has 3 heterocycles. The van der Waals surface area contributed by atoms with Crippen LogP contribution in [0, 0.1) is 0 Å². The number of hydrogen-bond donors (Lipinski definition) is 3. The standard InChI is InChI=1S/C33H47N3O4S/c1-3-4-5-6-7-8-9-10-11-13-16-26(34-2)33(39)35-30-25-18-17-24(37)23-27(25)40-32(31(30)38)28-19-20-29(41-28)36-21-14-12-15-22-36/h17-20,23,26,34,38H,3-16,21-22H2,1-2H3,(H,35,39). The Morgan fingerprint density at radius 1 is 0.976 bits per heavy atom. The van der Waals surface area contributed by atoms with Crippen molar-refractivity contribution in [3.05, 3.63) is 40.6 Å². The van der Waals surface area contributed by atoms with Gasteiger partial charge in [0.05, 0.1) is 21.6 Å². The summed E-state index contributed by atoms with van der Waals surface area (Å²) in [5, 5.41) is 18.6. The Balaban J connectivity index is 1.42. The maximum absolute atomic E-state index is 13.4. The second kappa shape index (κ2) is 16.0. The summed E-state index contributed by atoms with van der Waals surface area (Å²) in [5.74, 6) is 0.278. The molecule has 1 aromatic heterocycles. The highest BCUT2D eigenvalue weighted by Gasteiger charge is 2.26. The molecule has 224 valence electrons. The van der Waals surface area contributed by atoms with Crippen LogP contribution in [0.3, 0.4) is 0 Å². The van der Waals surface area contributed by atoms with Gasteiger partial charge in [-0.25, -0.2) is 0 Å². The van der Waals surface area contributed by atoms with Crippen LogP contribution < -0.4 is 21.0 Å². The number of carbonyl (C=O) groups is 1. The largest absolute Gasteiger partial charge is 0.503 e. The molecule has 1 aromatic rings. The molecule has 0 aromatic carbocycles. The first kappa shape index (κ1) is 31.1. The van der Waals surface area contributed by atoms with Gasteiger partial charge in [0.1, 0.15) is 5.76 Å². The van der Waals surface area contributed by atoms with Gasteiger partial charge in [0.25, 0.3) is 0 Å². The quantitative estimate of drug-likeness (QED) is 0.148. The summed E-state index contributed by atoms with van der Waals surface area (Å²) in [6, 6.07) is 8.04. The SMILES string of the molecule is CCCCCCCCCCCCC(NC)C(=O)Nc1c2ccc(=O)cc-2oc(-c2ccc(N3CCCCC3)s2)c1O. The number of aromatic hydroxyl groups is 1. The number of amides is 1. The predicted molar refractivity (Wildman–Crippen MR) is 171 cm³/mol. The molecule has 1 saturated heterocycles. The van der Waals surface area contributed by atoms with Crippen molar-refractivity contribution in [2.75, 3.05) is 30.4 Å². The first-order valence-electron chi connectivity index (χ1n) is 15.6. The van der Waals surface area contributed by atoms with E-state index in [1.54, 1.807) is 24.5 Å². The lowest BCUT2D eigenvalue weighted by Crippen LogP contribution is -2.38. The monoisotopic (exact) mass is 581 g/mol. The number of anilines is 2. The Kier molecular flexibility index (Phi) is 12.1. The average Bonchev–Trinajstić information content (AvgIpc) is 3.48. The van der Waals surface area contributed by atoms with Crippen LogP contribution in [0.1, 0.15) is 96.8 Å². The number of unbranched alkanes of at least 4 members (excludes halogenated alkanes) is 9. The Labute approximate surface area is 248 Å². The number of piperidine rings is 1. The summed E-state index contributed by atoms with van der Waals surface area (Å²) in [6.45, 7) is 4.29. The van der Waals surface area contributed by atoms with Crippen molar-refractivity contribution in [2.45, 2.75) is 103 Å². The third kappa shape index (κ3) is 8.58. The molecule has 8 heteroatoms. The van der Waals surface area contributed by atoms with Crippen LogP contribution in [0.2, 0.25) is 0 Å². The molecule has 0 saturated carbocycles. The number of fused-ring (bicyclic) bond motifs is 1. The molecule has 7 nitrogen and oxygen atoms in total. The van der Waals surface area contributed by atoms with Gasteiger partial charge in [-0.2, -0.15) is 0 Å². The van der Waals surface area contributed by atoms with E-state index in [1.807, 2.05) is 6.07 Å². The maximum atomic E-state index is 13.4. The molecule has 1 unspecified atom stereocenters. The number of rotatable bonds is 16. The summed E-state index contributed by atoms with van der Waals surface area (Å²) >= 11 is 1.55. The topological polar surface area (TPSA) is 94.8 Å². The van der Waals surface area contributed by atoms with Gasteiger partial charge >= 0.3 is 0 Å². The zero-order valence-corrected chi connectivity index (χ0v) is 25.6. The molecule has 3 N–H and O–H groups in total. The van der Waals surface area contributed by atoms with Gasteiger partial charge in [-0.05, 0) is 57.0 Å². The summed E-state index contributed by atoms with van der Waals surface area (Å²) in [5.41, 5.74) is 0.590. The number of carbonyl (C=O) groups excluding carboxylic acids is 1. The Morgan fingerprint density at radius 3 is 2.34 bits per heavy atom. The van der Waals surface area contributed by atoms with Gasteiger partial charge in [0, 0.05) is 24.7 Å². The third-order valence-electron chi connectivity index (χ3n) is 8.13. The van der Waals surface area contributed by atoms with Gasteiger partial charge in [0.15, 0.2) is 16.9 Å². The van der Waals surface area contributed by atoms with Gasteiger partial charge in [-0.1, -0.05) is 71.1 Å². The van der Waals surface area contributed by atoms with Crippen molar-refractivity contribution in [1.82, 2.24) is 5.32 Å². The highest BCUT2D eigenvalue weighted by molar-refractivity contribution is 7.19. The molecule has 3 aliphatic rings. The van der Waals surface area contributed by atoms with Crippen molar-refractivity contribution in [2.24, 2.45) is 0 Å². The highest BCUT2D eigenvalue weighted by atomic mass is 32.1. The Hall–Kier alpha value is -2.84. The fourth-order valence-corrected chi connectivity index (χ4v) is 6.71. The molecule has 0 bridgehead atoms. The van der Waals surface area contributed by atoms with Crippen LogP contribution in [0.5, 0.6) is 5.75 Å². The van der Waals surface area contributed by atoms with Crippen LogP contribution in [0.15, 0.2) is 39.5 Å². The summed E-state index contributed by atoms with van der Waals surface area (Å²) < 4.78 is 6.08. The molecule has 0 spiro atoms. The molecule has 4 rings (SSSR count). The fraction of sp³-hybridized carbons (Fsp3) is 0.576. The van der Waals surface area contributed by atoms with Crippen LogP contribution in [0.25, 0.3) is 22.0 Å². The van der Waals surface area contributed by atoms with Crippen LogP contribution in [-0.4, -0.2) is 37.2 Å². The molecule has 1 aliphatic carbocycles. The van der Waals surface area contributed by atoms with Crippen LogP contribution in [0.4, 0.5) is 10.7 Å². The van der Waals surface area contributed by atoms with Crippen LogP contribution >= 0.6 is 11.3 Å². The minimum atomic E-state index is -0.384. The van der Waals surface area contributed by atoms with Crippen molar-refractivity contribution in [1.29, 1.82) is 0 Å². The van der Waals surface area contributed by atoms with Crippen molar-refractivity contribution in [3.8, 4) is 27.7 Å². The van der Waals surface area contributed by atoms with Gasteiger partial charge in [-0.3, -0.25) is 9.59 Å². The van der Waals surface area contributed by atoms with Gasteiger partial charge in [-0.15, -0.1) is 11.3 Å². The average molecular weight is 582 g/mol. The van der Waals surface area contributed by atoms with E-state index in [0.29, 0.717) is 11.3 Å². The van der Waals surface area contributed by atoms with Crippen molar-refractivity contribution >= 4 is 27.9 Å². The fourth-order valence-electron chi connectivity index (χ4n) is 5.67. The second-order valence-electron chi connectivity index (χ2n) is 11.3. The minimum Gasteiger partial charge on any atom is -0.503 e. The number of hydrogen-bond acceptors (Lipinski definition) is 7.